The van der Waals surface area contributed by atoms with Crippen LogP contribution in [0.2, 0.25) is 0 Å². The summed E-state index contributed by atoms with van der Waals surface area (Å²) >= 11 is 0. The number of aromatic nitrogens is 2. The lowest BCUT2D eigenvalue weighted by Gasteiger charge is -2.45. The first-order valence-electron chi connectivity index (χ1n) is 8.20. The number of fused-ring (bicyclic) bond motifs is 1. The normalized spacial score (nSPS) is 24.2. The van der Waals surface area contributed by atoms with Gasteiger partial charge in [0.15, 0.2) is 0 Å². The minimum Gasteiger partial charge on any atom is -0.480 e. The molecule has 2 N–H and O–H groups in total. The van der Waals surface area contributed by atoms with Crippen LogP contribution < -0.4 is 0 Å². The van der Waals surface area contributed by atoms with Gasteiger partial charge in [-0.2, -0.15) is 0 Å². The third kappa shape index (κ3) is 3.03. The minimum absolute atomic E-state index is 0.00829. The molecule has 0 spiro atoms. The van der Waals surface area contributed by atoms with Crippen LogP contribution in [0.4, 0.5) is 0 Å². The highest BCUT2D eigenvalue weighted by Crippen LogP contribution is 2.27. The molecule has 3 heterocycles. The molecular formula is C16H26N4O2. The van der Waals surface area contributed by atoms with Crippen molar-refractivity contribution >= 4 is 5.97 Å². The number of H-pyrrole nitrogens is 1. The number of carboxylic acid groups (broad SMARTS) is 1. The second kappa shape index (κ2) is 6.01. The van der Waals surface area contributed by atoms with Crippen molar-refractivity contribution in [3.8, 4) is 0 Å². The molecule has 0 unspecified atom stereocenters. The number of aromatic amines is 1. The van der Waals surface area contributed by atoms with E-state index in [4.69, 9.17) is 0 Å². The number of hydrogen-bond donors (Lipinski definition) is 2. The lowest BCUT2D eigenvalue weighted by Crippen LogP contribution is -2.57. The largest absolute Gasteiger partial charge is 0.480 e. The summed E-state index contributed by atoms with van der Waals surface area (Å²) in [5.74, 6) is -0.747. The Morgan fingerprint density at radius 1 is 1.41 bits per heavy atom. The first-order valence-corrected chi connectivity index (χ1v) is 8.20. The van der Waals surface area contributed by atoms with Crippen molar-refractivity contribution in [2.75, 3.05) is 19.6 Å². The van der Waals surface area contributed by atoms with Crippen molar-refractivity contribution in [1.29, 1.82) is 0 Å². The molecule has 122 valence electrons. The summed E-state index contributed by atoms with van der Waals surface area (Å²) in [6.07, 6.45) is 5.96. The van der Waals surface area contributed by atoms with Crippen molar-refractivity contribution in [2.45, 2.75) is 57.7 Å². The van der Waals surface area contributed by atoms with E-state index >= 15 is 0 Å². The third-order valence-electron chi connectivity index (χ3n) is 5.08. The average molecular weight is 306 g/mol. The zero-order chi connectivity index (χ0) is 15.7. The molecule has 0 aliphatic carbocycles. The highest BCUT2D eigenvalue weighted by molar-refractivity contribution is 5.74. The summed E-state index contributed by atoms with van der Waals surface area (Å²) in [5, 5.41) is 9.59. The molecule has 1 atom stereocenters. The van der Waals surface area contributed by atoms with E-state index in [2.05, 4.69) is 33.6 Å². The summed E-state index contributed by atoms with van der Waals surface area (Å²) in [7, 11) is 0. The van der Waals surface area contributed by atoms with Crippen molar-refractivity contribution in [1.82, 2.24) is 19.8 Å². The SMILES string of the molecule is CC(C)(CN1Cc2[nH]cnc2C[C@@H]1C(=O)O)N1CCCCC1. The number of carbonyl (C=O) groups is 1. The number of carboxylic acids is 1. The summed E-state index contributed by atoms with van der Waals surface area (Å²) < 4.78 is 0. The highest BCUT2D eigenvalue weighted by atomic mass is 16.4. The lowest BCUT2D eigenvalue weighted by molar-refractivity contribution is -0.144. The molecule has 0 aromatic carbocycles. The molecule has 0 radical (unpaired) electrons. The predicted molar refractivity (Wildman–Crippen MR) is 83.6 cm³/mol. The van der Waals surface area contributed by atoms with E-state index in [9.17, 15) is 9.90 Å². The van der Waals surface area contributed by atoms with Gasteiger partial charge in [0.05, 0.1) is 17.7 Å². The number of likely N-dealkylation sites (tertiary alicyclic amines) is 1. The van der Waals surface area contributed by atoms with Gasteiger partial charge in [-0.25, -0.2) is 4.98 Å². The number of rotatable bonds is 4. The summed E-state index contributed by atoms with van der Waals surface area (Å²) in [6, 6.07) is -0.472. The Labute approximate surface area is 131 Å². The smallest absolute Gasteiger partial charge is 0.321 e. The highest BCUT2D eigenvalue weighted by Gasteiger charge is 2.38. The van der Waals surface area contributed by atoms with Crippen molar-refractivity contribution in [3.63, 3.8) is 0 Å². The third-order valence-corrected chi connectivity index (χ3v) is 5.08. The van der Waals surface area contributed by atoms with E-state index in [1.807, 2.05) is 0 Å². The fourth-order valence-corrected chi connectivity index (χ4v) is 3.79. The zero-order valence-electron chi connectivity index (χ0n) is 13.5. The summed E-state index contributed by atoms with van der Waals surface area (Å²) in [5.41, 5.74) is 1.96. The van der Waals surface area contributed by atoms with Crippen LogP contribution in [0.5, 0.6) is 0 Å². The van der Waals surface area contributed by atoms with Gasteiger partial charge in [-0.3, -0.25) is 14.6 Å². The number of nitrogens with one attached hydrogen (secondary N) is 1. The molecule has 1 fully saturated rings. The molecule has 22 heavy (non-hydrogen) atoms. The first kappa shape index (κ1) is 15.5. The van der Waals surface area contributed by atoms with Crippen LogP contribution in [0.1, 0.15) is 44.5 Å². The van der Waals surface area contributed by atoms with Crippen molar-refractivity contribution < 1.29 is 9.90 Å². The fourth-order valence-electron chi connectivity index (χ4n) is 3.79. The van der Waals surface area contributed by atoms with Crippen LogP contribution >= 0.6 is 0 Å². The Bertz CT molecular complexity index is 534. The van der Waals surface area contributed by atoms with E-state index in [0.29, 0.717) is 13.0 Å². The minimum atomic E-state index is -0.747. The summed E-state index contributed by atoms with van der Waals surface area (Å²) in [4.78, 5) is 23.7. The van der Waals surface area contributed by atoms with Gasteiger partial charge in [-0.15, -0.1) is 0 Å². The Kier molecular flexibility index (Phi) is 4.23. The van der Waals surface area contributed by atoms with E-state index < -0.39 is 12.0 Å². The van der Waals surface area contributed by atoms with Crippen molar-refractivity contribution in [2.24, 2.45) is 0 Å². The van der Waals surface area contributed by atoms with E-state index in [1.165, 1.54) is 19.3 Å². The van der Waals surface area contributed by atoms with Gasteiger partial charge in [-0.05, 0) is 39.8 Å². The Hall–Kier alpha value is -1.40. The molecule has 6 heteroatoms. The topological polar surface area (TPSA) is 72.5 Å². The number of hydrogen-bond acceptors (Lipinski definition) is 4. The molecule has 1 aromatic rings. The number of nitrogens with zero attached hydrogens (tertiary/aromatic N) is 3. The fraction of sp³-hybridized carbons (Fsp3) is 0.750. The number of aliphatic carboxylic acids is 1. The maximum absolute atomic E-state index is 11.7. The standard InChI is InChI=1S/C16H26N4O2/c1-16(2,20-6-4-3-5-7-20)10-19-9-13-12(17-11-18-13)8-14(19)15(21)22/h11,14H,3-10H2,1-2H3,(H,17,18)(H,21,22)/t14-/m1/s1. The van der Waals surface area contributed by atoms with Gasteiger partial charge in [-0.1, -0.05) is 6.42 Å². The molecule has 2 aliphatic heterocycles. The second-order valence-corrected chi connectivity index (χ2v) is 7.15. The molecule has 0 amide bonds. The van der Waals surface area contributed by atoms with Crippen LogP contribution in [-0.2, 0) is 17.8 Å². The van der Waals surface area contributed by atoms with Crippen molar-refractivity contribution in [3.05, 3.63) is 17.7 Å². The zero-order valence-corrected chi connectivity index (χ0v) is 13.5. The maximum Gasteiger partial charge on any atom is 0.321 e. The first-order chi connectivity index (χ1) is 10.5. The summed E-state index contributed by atoms with van der Waals surface area (Å²) in [6.45, 7) is 8.12. The van der Waals surface area contributed by atoms with E-state index in [1.54, 1.807) is 6.33 Å². The molecule has 3 rings (SSSR count). The molecular weight excluding hydrogens is 280 g/mol. The Morgan fingerprint density at radius 3 is 2.82 bits per heavy atom. The van der Waals surface area contributed by atoms with Gasteiger partial charge in [0.25, 0.3) is 0 Å². The quantitative estimate of drug-likeness (QED) is 0.881. The van der Waals surface area contributed by atoms with Crippen LogP contribution in [0.3, 0.4) is 0 Å². The molecule has 0 saturated carbocycles. The van der Waals surface area contributed by atoms with E-state index in [-0.39, 0.29) is 5.54 Å². The van der Waals surface area contributed by atoms with Gasteiger partial charge in [0.2, 0.25) is 0 Å². The lowest BCUT2D eigenvalue weighted by atomic mass is 9.94. The predicted octanol–water partition coefficient (Wildman–Crippen LogP) is 1.49. The number of piperidine rings is 1. The number of imidazole rings is 1. The van der Waals surface area contributed by atoms with Crippen LogP contribution in [0.25, 0.3) is 0 Å². The molecule has 0 bridgehead atoms. The molecule has 1 saturated heterocycles. The van der Waals surface area contributed by atoms with Gasteiger partial charge in [0, 0.05) is 25.0 Å². The second-order valence-electron chi connectivity index (χ2n) is 7.15. The Morgan fingerprint density at radius 2 is 2.14 bits per heavy atom. The Balaban J connectivity index is 1.75. The average Bonchev–Trinajstić information content (AvgIpc) is 2.94. The van der Waals surface area contributed by atoms with Gasteiger partial charge >= 0.3 is 5.97 Å². The maximum atomic E-state index is 11.7. The molecule has 6 nitrogen and oxygen atoms in total. The van der Waals surface area contributed by atoms with Gasteiger partial charge in [0.1, 0.15) is 6.04 Å². The van der Waals surface area contributed by atoms with Gasteiger partial charge < -0.3 is 10.1 Å². The van der Waals surface area contributed by atoms with Crippen LogP contribution in [-0.4, -0.2) is 62.1 Å². The monoisotopic (exact) mass is 306 g/mol. The van der Waals surface area contributed by atoms with E-state index in [0.717, 1.165) is 31.0 Å². The molecule has 2 aliphatic rings. The van der Waals surface area contributed by atoms with Crippen LogP contribution in [0, 0.1) is 0 Å². The molecule has 1 aromatic heterocycles. The van der Waals surface area contributed by atoms with Crippen LogP contribution in [0.15, 0.2) is 6.33 Å².